The molecule has 0 aliphatic rings. The van der Waals surface area contributed by atoms with E-state index in [1.54, 1.807) is 6.92 Å². The number of benzene rings is 1. The third kappa shape index (κ3) is 1.60. The number of aromatic carboxylic acids is 1. The molecular formula is C9H8BrClO3. The van der Waals surface area contributed by atoms with Crippen LogP contribution in [0.15, 0.2) is 4.47 Å². The van der Waals surface area contributed by atoms with Crippen molar-refractivity contribution in [1.82, 2.24) is 0 Å². The largest absolute Gasteiger partial charge is 0.506 e. The first-order valence-electron chi connectivity index (χ1n) is 3.78. The SMILES string of the molecule is Cc1c(Cl)c(O)c(C)c(C(=O)O)c1Br. The highest BCUT2D eigenvalue weighted by atomic mass is 79.9. The number of hydrogen-bond acceptors (Lipinski definition) is 2. The highest BCUT2D eigenvalue weighted by Gasteiger charge is 2.20. The van der Waals surface area contributed by atoms with Gasteiger partial charge in [0.1, 0.15) is 5.75 Å². The molecule has 0 saturated heterocycles. The summed E-state index contributed by atoms with van der Waals surface area (Å²) in [6, 6.07) is 0. The smallest absolute Gasteiger partial charge is 0.337 e. The van der Waals surface area contributed by atoms with Crippen LogP contribution in [0, 0.1) is 13.8 Å². The molecule has 5 heteroatoms. The van der Waals surface area contributed by atoms with E-state index in [9.17, 15) is 9.90 Å². The van der Waals surface area contributed by atoms with E-state index in [2.05, 4.69) is 15.9 Å². The van der Waals surface area contributed by atoms with Crippen LogP contribution in [-0.2, 0) is 0 Å². The second-order valence-corrected chi connectivity index (χ2v) is 4.08. The highest BCUT2D eigenvalue weighted by molar-refractivity contribution is 9.10. The van der Waals surface area contributed by atoms with Crippen molar-refractivity contribution in [3.05, 3.63) is 26.2 Å². The maximum Gasteiger partial charge on any atom is 0.337 e. The van der Waals surface area contributed by atoms with Gasteiger partial charge in [0.15, 0.2) is 0 Å². The van der Waals surface area contributed by atoms with Gasteiger partial charge in [-0.25, -0.2) is 4.79 Å². The van der Waals surface area contributed by atoms with E-state index in [-0.39, 0.29) is 21.9 Å². The summed E-state index contributed by atoms with van der Waals surface area (Å²) >= 11 is 8.93. The number of aromatic hydroxyl groups is 1. The van der Waals surface area contributed by atoms with Crippen molar-refractivity contribution in [2.24, 2.45) is 0 Å². The van der Waals surface area contributed by atoms with Gasteiger partial charge in [0.25, 0.3) is 0 Å². The van der Waals surface area contributed by atoms with E-state index in [1.165, 1.54) is 6.92 Å². The number of carbonyl (C=O) groups is 1. The first-order valence-corrected chi connectivity index (χ1v) is 4.95. The molecule has 0 spiro atoms. The Hall–Kier alpha value is -0.740. The Balaban J connectivity index is 3.68. The molecule has 0 unspecified atom stereocenters. The first kappa shape index (κ1) is 11.3. The summed E-state index contributed by atoms with van der Waals surface area (Å²) in [5.74, 6) is -1.27. The molecule has 1 rings (SSSR count). The van der Waals surface area contributed by atoms with Gasteiger partial charge < -0.3 is 10.2 Å². The van der Waals surface area contributed by atoms with Crippen molar-refractivity contribution in [3.8, 4) is 5.75 Å². The Morgan fingerprint density at radius 3 is 2.29 bits per heavy atom. The van der Waals surface area contributed by atoms with Crippen molar-refractivity contribution in [3.63, 3.8) is 0 Å². The van der Waals surface area contributed by atoms with Crippen molar-refractivity contribution in [1.29, 1.82) is 0 Å². The lowest BCUT2D eigenvalue weighted by atomic mass is 10.0. The lowest BCUT2D eigenvalue weighted by Gasteiger charge is -2.11. The molecule has 0 heterocycles. The van der Waals surface area contributed by atoms with Gasteiger partial charge in [-0.05, 0) is 35.3 Å². The highest BCUT2D eigenvalue weighted by Crippen LogP contribution is 2.38. The van der Waals surface area contributed by atoms with Gasteiger partial charge in [0.05, 0.1) is 10.6 Å². The molecule has 0 bridgehead atoms. The van der Waals surface area contributed by atoms with Crippen molar-refractivity contribution in [2.45, 2.75) is 13.8 Å². The molecule has 0 radical (unpaired) electrons. The monoisotopic (exact) mass is 278 g/mol. The second kappa shape index (κ2) is 3.79. The predicted molar refractivity (Wildman–Crippen MR) is 57.3 cm³/mol. The summed E-state index contributed by atoms with van der Waals surface area (Å²) in [5.41, 5.74) is 0.830. The quantitative estimate of drug-likeness (QED) is 0.830. The molecule has 0 aliphatic heterocycles. The topological polar surface area (TPSA) is 57.5 Å². The number of phenolic OH excluding ortho intramolecular Hbond substituents is 1. The van der Waals surface area contributed by atoms with E-state index in [0.717, 1.165) is 0 Å². The fourth-order valence-electron chi connectivity index (χ4n) is 1.16. The van der Waals surface area contributed by atoms with Crippen LogP contribution in [0.4, 0.5) is 0 Å². The van der Waals surface area contributed by atoms with Crippen LogP contribution in [0.5, 0.6) is 5.75 Å². The van der Waals surface area contributed by atoms with Crippen molar-refractivity contribution in [2.75, 3.05) is 0 Å². The Morgan fingerprint density at radius 1 is 1.36 bits per heavy atom. The van der Waals surface area contributed by atoms with Crippen LogP contribution in [0.2, 0.25) is 5.02 Å². The van der Waals surface area contributed by atoms with Gasteiger partial charge in [0.2, 0.25) is 0 Å². The molecule has 1 aromatic carbocycles. The molecule has 3 nitrogen and oxygen atoms in total. The average Bonchev–Trinajstić information content (AvgIpc) is 2.11. The van der Waals surface area contributed by atoms with Crippen molar-refractivity contribution < 1.29 is 15.0 Å². The number of carboxylic acids is 1. The van der Waals surface area contributed by atoms with Gasteiger partial charge in [-0.2, -0.15) is 0 Å². The molecule has 0 atom stereocenters. The maximum atomic E-state index is 10.9. The summed E-state index contributed by atoms with van der Waals surface area (Å²) in [7, 11) is 0. The molecule has 0 aliphatic carbocycles. The van der Waals surface area contributed by atoms with Crippen LogP contribution in [-0.4, -0.2) is 16.2 Å². The van der Waals surface area contributed by atoms with E-state index >= 15 is 0 Å². The third-order valence-corrected chi connectivity index (χ3v) is 3.48. The molecule has 14 heavy (non-hydrogen) atoms. The first-order chi connectivity index (χ1) is 6.37. The fourth-order valence-corrected chi connectivity index (χ4v) is 2.18. The van der Waals surface area contributed by atoms with E-state index in [1.807, 2.05) is 0 Å². The number of rotatable bonds is 1. The summed E-state index contributed by atoms with van der Waals surface area (Å²) in [6.45, 7) is 3.15. The molecule has 0 fully saturated rings. The standard InChI is InChI=1S/C9H8BrClO3/c1-3-5(9(13)14)6(10)4(2)7(11)8(3)12/h12H,1-2H3,(H,13,14). The van der Waals surface area contributed by atoms with Gasteiger partial charge in [-0.1, -0.05) is 11.6 Å². The molecule has 0 saturated carbocycles. The number of hydrogen-bond donors (Lipinski definition) is 2. The van der Waals surface area contributed by atoms with E-state index in [0.29, 0.717) is 10.0 Å². The van der Waals surface area contributed by atoms with Crippen molar-refractivity contribution >= 4 is 33.5 Å². The lowest BCUT2D eigenvalue weighted by molar-refractivity contribution is 0.0694. The number of carboxylic acid groups (broad SMARTS) is 1. The maximum absolute atomic E-state index is 10.9. The molecule has 2 N–H and O–H groups in total. The Labute approximate surface area is 94.4 Å². The lowest BCUT2D eigenvalue weighted by Crippen LogP contribution is -2.03. The third-order valence-electron chi connectivity index (χ3n) is 2.03. The minimum Gasteiger partial charge on any atom is -0.506 e. The second-order valence-electron chi connectivity index (χ2n) is 2.91. The average molecular weight is 280 g/mol. The minimum absolute atomic E-state index is 0.0457. The zero-order valence-electron chi connectivity index (χ0n) is 7.56. The minimum atomic E-state index is -1.09. The van der Waals surface area contributed by atoms with Gasteiger partial charge in [-0.3, -0.25) is 0 Å². The molecule has 0 aromatic heterocycles. The molecule has 0 amide bonds. The van der Waals surface area contributed by atoms with E-state index in [4.69, 9.17) is 16.7 Å². The van der Waals surface area contributed by atoms with Crippen LogP contribution < -0.4 is 0 Å². The Kier molecular flexibility index (Phi) is 3.07. The van der Waals surface area contributed by atoms with Crippen LogP contribution >= 0.6 is 27.5 Å². The molecule has 76 valence electrons. The molecular weight excluding hydrogens is 271 g/mol. The summed E-state index contributed by atoms with van der Waals surface area (Å²) in [5, 5.41) is 18.6. The van der Waals surface area contributed by atoms with Crippen LogP contribution in [0.1, 0.15) is 21.5 Å². The summed E-state index contributed by atoms with van der Waals surface area (Å²) in [4.78, 5) is 10.9. The van der Waals surface area contributed by atoms with Gasteiger partial charge in [-0.15, -0.1) is 0 Å². The Bertz CT molecular complexity index is 386. The van der Waals surface area contributed by atoms with Gasteiger partial charge >= 0.3 is 5.97 Å². The number of phenols is 1. The normalized spacial score (nSPS) is 10.3. The Morgan fingerprint density at radius 2 is 1.86 bits per heavy atom. The van der Waals surface area contributed by atoms with E-state index < -0.39 is 5.97 Å². The summed E-state index contributed by atoms with van der Waals surface area (Å²) in [6.07, 6.45) is 0. The zero-order valence-corrected chi connectivity index (χ0v) is 9.90. The fraction of sp³-hybridized carbons (Fsp3) is 0.222. The van der Waals surface area contributed by atoms with Crippen LogP contribution in [0.3, 0.4) is 0 Å². The van der Waals surface area contributed by atoms with Crippen LogP contribution in [0.25, 0.3) is 0 Å². The van der Waals surface area contributed by atoms with Gasteiger partial charge in [0, 0.05) is 10.0 Å². The summed E-state index contributed by atoms with van der Waals surface area (Å²) < 4.78 is 0.408. The zero-order chi connectivity index (χ0) is 11.0. The number of halogens is 2. The predicted octanol–water partition coefficient (Wildman–Crippen LogP) is 3.12. The molecule has 1 aromatic rings.